The second-order valence-electron chi connectivity index (χ2n) is 4.42. The van der Waals surface area contributed by atoms with Crippen LogP contribution in [0.25, 0.3) is 15.5 Å². The summed E-state index contributed by atoms with van der Waals surface area (Å²) in [5.74, 6) is 1.11. The molecule has 0 aliphatic heterocycles. The van der Waals surface area contributed by atoms with Crippen molar-refractivity contribution in [1.29, 1.82) is 0 Å². The van der Waals surface area contributed by atoms with Crippen molar-refractivity contribution in [3.8, 4) is 10.6 Å². The van der Waals surface area contributed by atoms with Gasteiger partial charge in [-0.15, -0.1) is 10.2 Å². The third kappa shape index (κ3) is 2.12. The van der Waals surface area contributed by atoms with Crippen LogP contribution in [-0.2, 0) is 0 Å². The van der Waals surface area contributed by atoms with Gasteiger partial charge in [0.05, 0.1) is 10.0 Å². The van der Waals surface area contributed by atoms with E-state index in [4.69, 9.17) is 23.2 Å². The van der Waals surface area contributed by atoms with E-state index in [0.717, 1.165) is 21.4 Å². The maximum absolute atomic E-state index is 6.21. The Morgan fingerprint density at radius 3 is 2.74 bits per heavy atom. The molecule has 0 saturated heterocycles. The highest BCUT2D eigenvalue weighted by Gasteiger charge is 2.17. The minimum atomic E-state index is 0.264. The van der Waals surface area contributed by atoms with Gasteiger partial charge in [0.1, 0.15) is 5.01 Å². The minimum absolute atomic E-state index is 0.264. The molecule has 4 nitrogen and oxygen atoms in total. The SMILES string of the molecule is CC(C)c1nnc2sc(-c3cccc(Cl)c3Cl)nn12. The van der Waals surface area contributed by atoms with Crippen molar-refractivity contribution in [2.45, 2.75) is 19.8 Å². The number of hydrogen-bond donors (Lipinski definition) is 0. The molecule has 1 aromatic carbocycles. The second-order valence-corrected chi connectivity index (χ2v) is 6.16. The summed E-state index contributed by atoms with van der Waals surface area (Å²) in [7, 11) is 0. The minimum Gasteiger partial charge on any atom is -0.187 e. The molecule has 0 fully saturated rings. The predicted molar refractivity (Wildman–Crippen MR) is 78.2 cm³/mol. The number of rotatable bonds is 2. The summed E-state index contributed by atoms with van der Waals surface area (Å²) < 4.78 is 1.77. The lowest BCUT2D eigenvalue weighted by molar-refractivity contribution is 0.727. The van der Waals surface area contributed by atoms with Crippen LogP contribution in [0.15, 0.2) is 18.2 Å². The van der Waals surface area contributed by atoms with E-state index in [-0.39, 0.29) is 5.92 Å². The van der Waals surface area contributed by atoms with Crippen LogP contribution in [0.3, 0.4) is 0 Å². The molecule has 0 amide bonds. The number of hydrogen-bond acceptors (Lipinski definition) is 4. The summed E-state index contributed by atoms with van der Waals surface area (Å²) in [6.45, 7) is 4.11. The van der Waals surface area contributed by atoms with E-state index in [2.05, 4.69) is 29.1 Å². The third-order valence-electron chi connectivity index (χ3n) is 2.71. The van der Waals surface area contributed by atoms with Gasteiger partial charge in [-0.25, -0.2) is 0 Å². The molecule has 2 aromatic heterocycles. The number of benzene rings is 1. The van der Waals surface area contributed by atoms with E-state index in [1.165, 1.54) is 11.3 Å². The highest BCUT2D eigenvalue weighted by atomic mass is 35.5. The fourth-order valence-electron chi connectivity index (χ4n) is 1.77. The van der Waals surface area contributed by atoms with Crippen molar-refractivity contribution in [2.24, 2.45) is 0 Å². The van der Waals surface area contributed by atoms with Crippen LogP contribution < -0.4 is 0 Å². The Kier molecular flexibility index (Phi) is 3.20. The van der Waals surface area contributed by atoms with Crippen molar-refractivity contribution in [2.75, 3.05) is 0 Å². The Bertz CT molecular complexity index is 747. The van der Waals surface area contributed by atoms with Crippen molar-refractivity contribution in [1.82, 2.24) is 19.8 Å². The van der Waals surface area contributed by atoms with Gasteiger partial charge in [-0.05, 0) is 6.07 Å². The lowest BCUT2D eigenvalue weighted by Gasteiger charge is -2.01. The normalized spacial score (nSPS) is 11.6. The first-order valence-electron chi connectivity index (χ1n) is 5.74. The highest BCUT2D eigenvalue weighted by Crippen LogP contribution is 2.35. The maximum Gasteiger partial charge on any atom is 0.234 e. The Morgan fingerprint density at radius 2 is 2.00 bits per heavy atom. The van der Waals surface area contributed by atoms with Crippen LogP contribution in [0.1, 0.15) is 25.6 Å². The summed E-state index contributed by atoms with van der Waals surface area (Å²) in [6, 6.07) is 5.51. The Hall–Kier alpha value is -1.17. The van der Waals surface area contributed by atoms with Crippen molar-refractivity contribution in [3.63, 3.8) is 0 Å². The molecule has 0 N–H and O–H groups in total. The number of aromatic nitrogens is 4. The summed E-state index contributed by atoms with van der Waals surface area (Å²) >= 11 is 13.7. The average Bonchev–Trinajstić information content (AvgIpc) is 2.91. The molecule has 0 spiro atoms. The second kappa shape index (κ2) is 4.74. The first-order valence-corrected chi connectivity index (χ1v) is 7.31. The fraction of sp³-hybridized carbons (Fsp3) is 0.250. The van der Waals surface area contributed by atoms with Gasteiger partial charge in [-0.2, -0.15) is 9.61 Å². The van der Waals surface area contributed by atoms with E-state index >= 15 is 0 Å². The quantitative estimate of drug-likeness (QED) is 0.709. The van der Waals surface area contributed by atoms with Gasteiger partial charge in [0.2, 0.25) is 4.96 Å². The van der Waals surface area contributed by atoms with E-state index in [0.29, 0.717) is 10.0 Å². The molecule has 0 radical (unpaired) electrons. The van der Waals surface area contributed by atoms with Crippen LogP contribution >= 0.6 is 34.5 Å². The van der Waals surface area contributed by atoms with Crippen LogP contribution in [0.5, 0.6) is 0 Å². The monoisotopic (exact) mass is 312 g/mol. The molecule has 0 unspecified atom stereocenters. The van der Waals surface area contributed by atoms with E-state index < -0.39 is 0 Å². The first-order chi connectivity index (χ1) is 9.08. The standard InChI is InChI=1S/C12H10Cl2N4S/c1-6(2)10-15-16-12-18(10)17-11(19-12)7-4-3-5-8(13)9(7)14/h3-6H,1-2H3. The molecule has 2 heterocycles. The first kappa shape index (κ1) is 12.8. The van der Waals surface area contributed by atoms with Crippen LogP contribution in [-0.4, -0.2) is 19.8 Å². The van der Waals surface area contributed by atoms with Gasteiger partial charge in [-0.3, -0.25) is 0 Å². The Balaban J connectivity index is 2.18. The van der Waals surface area contributed by atoms with Crippen molar-refractivity contribution in [3.05, 3.63) is 34.1 Å². The molecule has 19 heavy (non-hydrogen) atoms. The molecule has 3 aromatic rings. The zero-order valence-corrected chi connectivity index (χ0v) is 12.6. The summed E-state index contributed by atoms with van der Waals surface area (Å²) in [5, 5.41) is 14.6. The summed E-state index contributed by atoms with van der Waals surface area (Å²) in [5.41, 5.74) is 0.819. The van der Waals surface area contributed by atoms with Gasteiger partial charge in [0, 0.05) is 11.5 Å². The largest absolute Gasteiger partial charge is 0.234 e. The molecule has 0 aliphatic carbocycles. The Morgan fingerprint density at radius 1 is 1.21 bits per heavy atom. The topological polar surface area (TPSA) is 43.1 Å². The van der Waals surface area contributed by atoms with Gasteiger partial charge in [-0.1, -0.05) is 60.5 Å². The summed E-state index contributed by atoms with van der Waals surface area (Å²) in [4.78, 5) is 0.759. The van der Waals surface area contributed by atoms with Gasteiger partial charge in [0.25, 0.3) is 0 Å². The number of nitrogens with zero attached hydrogens (tertiary/aromatic N) is 4. The molecular formula is C12H10Cl2N4S. The molecule has 0 saturated carbocycles. The fourth-order valence-corrected chi connectivity index (χ4v) is 3.09. The van der Waals surface area contributed by atoms with E-state index in [1.807, 2.05) is 12.1 Å². The number of halogens is 2. The highest BCUT2D eigenvalue weighted by molar-refractivity contribution is 7.19. The lowest BCUT2D eigenvalue weighted by atomic mass is 10.2. The molecule has 0 aliphatic rings. The zero-order valence-electron chi connectivity index (χ0n) is 10.3. The van der Waals surface area contributed by atoms with E-state index in [9.17, 15) is 0 Å². The Labute approximate surface area is 124 Å². The van der Waals surface area contributed by atoms with Crippen molar-refractivity contribution < 1.29 is 0 Å². The van der Waals surface area contributed by atoms with Crippen LogP contribution in [0, 0.1) is 0 Å². The molecule has 0 bridgehead atoms. The molecule has 98 valence electrons. The lowest BCUT2D eigenvalue weighted by Crippen LogP contribution is -1.97. The van der Waals surface area contributed by atoms with Crippen molar-refractivity contribution >= 4 is 39.5 Å². The van der Waals surface area contributed by atoms with Crippen LogP contribution in [0.2, 0.25) is 10.0 Å². The molecule has 0 atom stereocenters. The maximum atomic E-state index is 6.21. The summed E-state index contributed by atoms with van der Waals surface area (Å²) in [6.07, 6.45) is 0. The zero-order chi connectivity index (χ0) is 13.6. The van der Waals surface area contributed by atoms with Gasteiger partial charge >= 0.3 is 0 Å². The molecule has 7 heteroatoms. The van der Waals surface area contributed by atoms with Crippen LogP contribution in [0.4, 0.5) is 0 Å². The third-order valence-corrected chi connectivity index (χ3v) is 4.46. The van der Waals surface area contributed by atoms with Gasteiger partial charge < -0.3 is 0 Å². The number of fused-ring (bicyclic) bond motifs is 1. The molecular weight excluding hydrogens is 303 g/mol. The predicted octanol–water partition coefficient (Wildman–Crippen LogP) is 4.28. The van der Waals surface area contributed by atoms with Gasteiger partial charge in [0.15, 0.2) is 5.82 Å². The molecule has 3 rings (SSSR count). The average molecular weight is 313 g/mol. The smallest absolute Gasteiger partial charge is 0.187 e. The van der Waals surface area contributed by atoms with E-state index in [1.54, 1.807) is 10.6 Å².